The van der Waals surface area contributed by atoms with E-state index in [4.69, 9.17) is 9.73 Å². The number of nitrogens with one attached hydrogen (secondary N) is 2. The molecule has 0 radical (unpaired) electrons. The Labute approximate surface area is 161 Å². The fraction of sp³-hybridized carbons (Fsp3) is 0.263. The van der Waals surface area contributed by atoms with Crippen LogP contribution in [-0.4, -0.2) is 52.6 Å². The number of carbonyl (C=O) groups is 3. The molecule has 0 unspecified atom stereocenters. The van der Waals surface area contributed by atoms with Crippen molar-refractivity contribution >= 4 is 17.7 Å². The van der Waals surface area contributed by atoms with Crippen LogP contribution in [0.25, 0.3) is 0 Å². The number of hydrogen-bond acceptors (Lipinski definition) is 6. The second kappa shape index (κ2) is 8.37. The second-order valence-corrected chi connectivity index (χ2v) is 6.11. The third-order valence-electron chi connectivity index (χ3n) is 4.28. The second-order valence-electron chi connectivity index (χ2n) is 6.11. The smallest absolute Gasteiger partial charge is 0.278 e. The first-order valence-electron chi connectivity index (χ1n) is 8.24. The van der Waals surface area contributed by atoms with Crippen LogP contribution in [0.15, 0.2) is 34.9 Å². The minimum absolute atomic E-state index is 0.242. The van der Waals surface area contributed by atoms with Gasteiger partial charge in [-0.05, 0) is 44.0 Å². The highest BCUT2D eigenvalue weighted by Crippen LogP contribution is 2.18. The number of rotatable bonds is 4. The van der Waals surface area contributed by atoms with Gasteiger partial charge in [-0.25, -0.2) is 5.48 Å². The Bertz CT molecular complexity index is 937. The van der Waals surface area contributed by atoms with Crippen LogP contribution in [0.3, 0.4) is 0 Å². The lowest BCUT2D eigenvalue weighted by atomic mass is 9.96. The molecule has 0 saturated heterocycles. The number of nitrogens with zero attached hydrogens (tertiary/aromatic N) is 2. The molecule has 28 heavy (non-hydrogen) atoms. The van der Waals surface area contributed by atoms with Crippen molar-refractivity contribution < 1.29 is 24.1 Å². The van der Waals surface area contributed by atoms with Gasteiger partial charge in [-0.15, -0.1) is 0 Å². The van der Waals surface area contributed by atoms with E-state index in [0.717, 1.165) is 4.90 Å². The number of benzene rings is 1. The molecule has 9 heteroatoms. The topological polar surface area (TPSA) is 125 Å². The third kappa shape index (κ3) is 4.02. The standard InChI is InChI=1S/C19H20N4O5/c1-12-11-15(22-28-12)10-7-13-5-8-14(9-6-13)16(24)23(4)19(2,17(25)20-3)18(26)21-27/h5-6,8-9,11,27H,1-4H3,(H,20,25)(H,21,26)/t19-/m0/s1. The van der Waals surface area contributed by atoms with Crippen LogP contribution in [0.4, 0.5) is 0 Å². The number of hydroxylamine groups is 1. The van der Waals surface area contributed by atoms with E-state index in [-0.39, 0.29) is 5.56 Å². The Morgan fingerprint density at radius 3 is 2.32 bits per heavy atom. The Kier molecular flexibility index (Phi) is 6.18. The number of carbonyl (C=O) groups excluding carboxylic acids is 3. The summed E-state index contributed by atoms with van der Waals surface area (Å²) >= 11 is 0. The molecule has 3 N–H and O–H groups in total. The fourth-order valence-corrected chi connectivity index (χ4v) is 2.41. The number of aryl methyl sites for hydroxylation is 1. The molecular weight excluding hydrogens is 364 g/mol. The normalized spacial score (nSPS) is 12.2. The maximum Gasteiger partial charge on any atom is 0.278 e. The SMILES string of the molecule is CNC(=O)[C@@](C)(C(=O)NO)N(C)C(=O)c1ccc(C#Cc2cc(C)on2)cc1. The summed E-state index contributed by atoms with van der Waals surface area (Å²) in [7, 11) is 2.63. The molecule has 0 bridgehead atoms. The Balaban J connectivity index is 2.24. The molecule has 0 saturated carbocycles. The third-order valence-corrected chi connectivity index (χ3v) is 4.28. The van der Waals surface area contributed by atoms with E-state index in [1.54, 1.807) is 25.1 Å². The molecule has 0 aliphatic rings. The van der Waals surface area contributed by atoms with Gasteiger partial charge in [0.1, 0.15) is 5.76 Å². The zero-order chi connectivity index (χ0) is 20.9. The minimum Gasteiger partial charge on any atom is -0.360 e. The molecule has 2 rings (SSSR count). The van der Waals surface area contributed by atoms with Crippen LogP contribution >= 0.6 is 0 Å². The van der Waals surface area contributed by atoms with Crippen molar-refractivity contribution in [1.82, 2.24) is 20.9 Å². The zero-order valence-electron chi connectivity index (χ0n) is 15.9. The number of amides is 3. The van der Waals surface area contributed by atoms with Crippen LogP contribution in [0.1, 0.15) is 34.3 Å². The summed E-state index contributed by atoms with van der Waals surface area (Å²) in [6.07, 6.45) is 0. The number of aromatic nitrogens is 1. The van der Waals surface area contributed by atoms with E-state index < -0.39 is 23.3 Å². The van der Waals surface area contributed by atoms with Gasteiger partial charge >= 0.3 is 0 Å². The predicted molar refractivity (Wildman–Crippen MR) is 98.2 cm³/mol. The van der Waals surface area contributed by atoms with E-state index in [0.29, 0.717) is 17.0 Å². The van der Waals surface area contributed by atoms with Gasteiger partial charge < -0.3 is 14.7 Å². The van der Waals surface area contributed by atoms with Crippen LogP contribution < -0.4 is 10.8 Å². The lowest BCUT2D eigenvalue weighted by Gasteiger charge is -2.34. The first-order chi connectivity index (χ1) is 13.2. The lowest BCUT2D eigenvalue weighted by molar-refractivity contribution is -0.148. The van der Waals surface area contributed by atoms with Crippen LogP contribution in [0.2, 0.25) is 0 Å². The molecule has 146 valence electrons. The molecule has 1 heterocycles. The van der Waals surface area contributed by atoms with Crippen LogP contribution in [0, 0.1) is 18.8 Å². The van der Waals surface area contributed by atoms with E-state index >= 15 is 0 Å². The minimum atomic E-state index is -1.94. The maximum atomic E-state index is 12.8. The van der Waals surface area contributed by atoms with Gasteiger partial charge in [-0.1, -0.05) is 11.1 Å². The van der Waals surface area contributed by atoms with Gasteiger partial charge in [0.15, 0.2) is 11.2 Å². The van der Waals surface area contributed by atoms with Crippen molar-refractivity contribution in [2.45, 2.75) is 19.4 Å². The van der Waals surface area contributed by atoms with Crippen molar-refractivity contribution in [3.05, 3.63) is 52.9 Å². The van der Waals surface area contributed by atoms with Gasteiger partial charge in [0.05, 0.1) is 0 Å². The van der Waals surface area contributed by atoms with Crippen molar-refractivity contribution in [3.63, 3.8) is 0 Å². The fourth-order valence-electron chi connectivity index (χ4n) is 2.41. The Morgan fingerprint density at radius 1 is 1.18 bits per heavy atom. The highest BCUT2D eigenvalue weighted by atomic mass is 16.5. The van der Waals surface area contributed by atoms with Crippen molar-refractivity contribution in [2.24, 2.45) is 0 Å². The average Bonchev–Trinajstić information content (AvgIpc) is 3.14. The van der Waals surface area contributed by atoms with E-state index in [1.807, 2.05) is 0 Å². The summed E-state index contributed by atoms with van der Waals surface area (Å²) in [6, 6.07) is 8.01. The van der Waals surface area contributed by atoms with Gasteiger partial charge in [0.2, 0.25) is 0 Å². The summed E-state index contributed by atoms with van der Waals surface area (Å²) < 4.78 is 4.93. The quantitative estimate of drug-likeness (QED) is 0.305. The van der Waals surface area contributed by atoms with Crippen LogP contribution in [-0.2, 0) is 9.59 Å². The van der Waals surface area contributed by atoms with E-state index in [1.165, 1.54) is 38.6 Å². The molecule has 1 aromatic carbocycles. The van der Waals surface area contributed by atoms with Gasteiger partial charge in [-0.2, -0.15) is 0 Å². The molecule has 1 aromatic heterocycles. The molecule has 0 aliphatic heterocycles. The van der Waals surface area contributed by atoms with E-state index in [9.17, 15) is 14.4 Å². The van der Waals surface area contributed by atoms with Crippen LogP contribution in [0.5, 0.6) is 0 Å². The summed E-state index contributed by atoms with van der Waals surface area (Å²) in [6.45, 7) is 2.99. The molecule has 0 fully saturated rings. The molecule has 3 amide bonds. The number of hydrogen-bond donors (Lipinski definition) is 3. The Hall–Kier alpha value is -3.64. The summed E-state index contributed by atoms with van der Waals surface area (Å²) in [5.41, 5.74) is 0.862. The van der Waals surface area contributed by atoms with Gasteiger partial charge in [0.25, 0.3) is 17.7 Å². The molecule has 2 aromatic rings. The van der Waals surface area contributed by atoms with Crippen molar-refractivity contribution in [1.29, 1.82) is 0 Å². The van der Waals surface area contributed by atoms with E-state index in [2.05, 4.69) is 22.3 Å². The average molecular weight is 384 g/mol. The Morgan fingerprint density at radius 2 is 1.82 bits per heavy atom. The lowest BCUT2D eigenvalue weighted by Crippen LogP contribution is -2.64. The molecule has 9 nitrogen and oxygen atoms in total. The molecule has 0 spiro atoms. The highest BCUT2D eigenvalue weighted by Gasteiger charge is 2.47. The van der Waals surface area contributed by atoms with Gasteiger partial charge in [0, 0.05) is 31.3 Å². The first-order valence-corrected chi connectivity index (χ1v) is 8.24. The maximum absolute atomic E-state index is 12.8. The van der Waals surface area contributed by atoms with Gasteiger partial charge in [-0.3, -0.25) is 19.6 Å². The van der Waals surface area contributed by atoms with Crippen molar-refractivity contribution in [3.8, 4) is 11.8 Å². The largest absolute Gasteiger partial charge is 0.360 e. The molecular formula is C19H20N4O5. The summed E-state index contributed by atoms with van der Waals surface area (Å²) in [5.74, 6) is 4.02. The number of likely N-dealkylation sites (N-methyl/N-ethyl adjacent to an activating group) is 2. The zero-order valence-corrected chi connectivity index (χ0v) is 15.9. The highest BCUT2D eigenvalue weighted by molar-refractivity contribution is 6.12. The predicted octanol–water partition coefficient (Wildman–Crippen LogP) is 0.465. The monoisotopic (exact) mass is 384 g/mol. The first kappa shape index (κ1) is 20.7. The molecule has 1 atom stereocenters. The molecule has 0 aliphatic carbocycles. The van der Waals surface area contributed by atoms with Crippen molar-refractivity contribution in [2.75, 3.05) is 14.1 Å². The summed E-state index contributed by atoms with van der Waals surface area (Å²) in [4.78, 5) is 37.9. The summed E-state index contributed by atoms with van der Waals surface area (Å²) in [5, 5.41) is 15.0.